The molecule has 0 aliphatic carbocycles. The van der Waals surface area contributed by atoms with Gasteiger partial charge in [-0.2, -0.15) is 0 Å². The first kappa shape index (κ1) is 20.4. The lowest BCUT2D eigenvalue weighted by atomic mass is 10.1. The SMILES string of the molecule is O=C(SOc1ccc(Cl)cc1Cl)SC(Cn1ccnc1)c1ccc(Cl)cc1. The first-order valence-corrected chi connectivity index (χ1v) is 10.5. The Balaban J connectivity index is 1.67. The number of nitrogens with zero attached hydrogens (tertiary/aromatic N) is 2. The number of halogens is 3. The summed E-state index contributed by atoms with van der Waals surface area (Å²) in [6.45, 7) is 0.584. The van der Waals surface area contributed by atoms with Crippen LogP contribution in [0.4, 0.5) is 4.79 Å². The lowest BCUT2D eigenvalue weighted by molar-refractivity contribution is 0.275. The number of thioether (sulfide) groups is 1. The summed E-state index contributed by atoms with van der Waals surface area (Å²) in [7, 11) is 0. The van der Waals surface area contributed by atoms with Crippen LogP contribution in [0, 0.1) is 0 Å². The number of hydrogen-bond donors (Lipinski definition) is 0. The Morgan fingerprint density at radius 3 is 2.52 bits per heavy atom. The molecular weight excluding hydrogens is 447 g/mol. The highest BCUT2D eigenvalue weighted by atomic mass is 35.5. The normalized spacial score (nSPS) is 12.0. The van der Waals surface area contributed by atoms with E-state index < -0.39 is 0 Å². The van der Waals surface area contributed by atoms with Gasteiger partial charge in [0.25, 0.3) is 4.45 Å². The lowest BCUT2D eigenvalue weighted by Crippen LogP contribution is -2.06. The van der Waals surface area contributed by atoms with Gasteiger partial charge in [0, 0.05) is 29.0 Å². The fourth-order valence-electron chi connectivity index (χ4n) is 2.23. The van der Waals surface area contributed by atoms with Crippen LogP contribution >= 0.6 is 58.6 Å². The van der Waals surface area contributed by atoms with E-state index in [2.05, 4.69) is 4.98 Å². The second kappa shape index (κ2) is 9.75. The second-order valence-corrected chi connectivity index (χ2v) is 8.83. The van der Waals surface area contributed by atoms with Gasteiger partial charge < -0.3 is 8.75 Å². The van der Waals surface area contributed by atoms with Crippen LogP contribution < -0.4 is 4.18 Å². The highest BCUT2D eigenvalue weighted by Crippen LogP contribution is 2.37. The molecule has 140 valence electrons. The fourth-order valence-corrected chi connectivity index (χ4v) is 4.53. The number of benzene rings is 2. The first-order valence-electron chi connectivity index (χ1n) is 7.72. The van der Waals surface area contributed by atoms with Crippen molar-refractivity contribution in [2.45, 2.75) is 11.8 Å². The molecule has 0 spiro atoms. The maximum atomic E-state index is 12.5. The highest BCUT2D eigenvalue weighted by molar-refractivity contribution is 8.37. The molecule has 0 aliphatic heterocycles. The smallest absolute Gasteiger partial charge is 0.285 e. The third-order valence-corrected chi connectivity index (χ3v) is 6.08. The number of aromatic nitrogens is 2. The number of rotatable bonds is 6. The van der Waals surface area contributed by atoms with Crippen molar-refractivity contribution in [3.8, 4) is 5.75 Å². The van der Waals surface area contributed by atoms with Crippen LogP contribution in [0.3, 0.4) is 0 Å². The van der Waals surface area contributed by atoms with Crippen molar-refractivity contribution >= 4 is 63.1 Å². The molecule has 0 amide bonds. The average Bonchev–Trinajstić information content (AvgIpc) is 3.14. The standard InChI is InChI=1S/C18H13Cl3N2O2S2/c19-13-3-1-12(2-4-13)17(10-23-8-7-22-11-23)26-18(24)27-25-16-6-5-14(20)9-15(16)21/h1-9,11,17H,10H2. The minimum atomic E-state index is -0.193. The summed E-state index contributed by atoms with van der Waals surface area (Å²) in [5, 5.41) is 1.37. The zero-order valence-corrected chi connectivity index (χ0v) is 17.6. The number of imidazole rings is 1. The maximum Gasteiger partial charge on any atom is 0.285 e. The summed E-state index contributed by atoms with van der Waals surface area (Å²) in [6.07, 6.45) is 5.27. The number of carbonyl (C=O) groups is 1. The van der Waals surface area contributed by atoms with Crippen molar-refractivity contribution in [1.29, 1.82) is 0 Å². The summed E-state index contributed by atoms with van der Waals surface area (Å²) in [5.74, 6) is 0.387. The van der Waals surface area contributed by atoms with Gasteiger partial charge in [-0.25, -0.2) is 4.98 Å². The Hall–Kier alpha value is -1.31. The summed E-state index contributed by atoms with van der Waals surface area (Å²) in [4.78, 5) is 16.5. The Morgan fingerprint density at radius 2 is 1.85 bits per heavy atom. The molecule has 3 rings (SSSR count). The molecule has 0 N–H and O–H groups in total. The van der Waals surface area contributed by atoms with Crippen LogP contribution in [0.2, 0.25) is 15.1 Å². The van der Waals surface area contributed by atoms with Crippen molar-refractivity contribution in [3.63, 3.8) is 0 Å². The van der Waals surface area contributed by atoms with E-state index in [0.717, 1.165) is 17.6 Å². The van der Waals surface area contributed by atoms with Crippen LogP contribution in [0.25, 0.3) is 0 Å². The van der Waals surface area contributed by atoms with Gasteiger partial charge in [0.1, 0.15) is 12.0 Å². The van der Waals surface area contributed by atoms with Crippen molar-refractivity contribution in [3.05, 3.63) is 81.8 Å². The van der Waals surface area contributed by atoms with Crippen molar-refractivity contribution in [1.82, 2.24) is 9.55 Å². The van der Waals surface area contributed by atoms with Gasteiger partial charge in [0.05, 0.1) is 16.6 Å². The molecule has 9 heteroatoms. The molecule has 4 nitrogen and oxygen atoms in total. The number of hydrogen-bond acceptors (Lipinski definition) is 5. The lowest BCUT2D eigenvalue weighted by Gasteiger charge is -2.16. The molecule has 0 radical (unpaired) electrons. The third-order valence-electron chi connectivity index (χ3n) is 3.51. The first-order chi connectivity index (χ1) is 13.0. The van der Waals surface area contributed by atoms with E-state index in [0.29, 0.717) is 27.4 Å². The monoisotopic (exact) mass is 458 g/mol. The van der Waals surface area contributed by atoms with E-state index >= 15 is 0 Å². The van der Waals surface area contributed by atoms with Crippen LogP contribution in [-0.4, -0.2) is 14.0 Å². The summed E-state index contributed by atoms with van der Waals surface area (Å²) < 4.78 is 7.18. The molecule has 0 saturated carbocycles. The highest BCUT2D eigenvalue weighted by Gasteiger charge is 2.20. The topological polar surface area (TPSA) is 44.1 Å². The Bertz CT molecular complexity index is 905. The number of carbonyl (C=O) groups excluding carboxylic acids is 1. The van der Waals surface area contributed by atoms with E-state index in [9.17, 15) is 4.79 Å². The Kier molecular flexibility index (Phi) is 7.38. The largest absolute Gasteiger partial charge is 0.415 e. The Labute approximate surface area is 180 Å². The van der Waals surface area contributed by atoms with E-state index in [4.69, 9.17) is 39.0 Å². The molecule has 3 aromatic rings. The van der Waals surface area contributed by atoms with Crippen molar-refractivity contribution < 1.29 is 8.98 Å². The van der Waals surface area contributed by atoms with Gasteiger partial charge in [-0.15, -0.1) is 0 Å². The summed E-state index contributed by atoms with van der Waals surface area (Å²) in [5.41, 5.74) is 0.983. The van der Waals surface area contributed by atoms with Crippen molar-refractivity contribution in [2.24, 2.45) is 0 Å². The molecule has 1 unspecified atom stereocenters. The Morgan fingerprint density at radius 1 is 1.11 bits per heavy atom. The average molecular weight is 460 g/mol. The van der Waals surface area contributed by atoms with E-state index in [-0.39, 0.29) is 9.70 Å². The van der Waals surface area contributed by atoms with Gasteiger partial charge in [-0.3, -0.25) is 4.79 Å². The summed E-state index contributed by atoms with van der Waals surface area (Å²) >= 11 is 19.8. The van der Waals surface area contributed by atoms with Crippen molar-refractivity contribution in [2.75, 3.05) is 0 Å². The molecular formula is C18H13Cl3N2O2S2. The fraction of sp³-hybridized carbons (Fsp3) is 0.111. The zero-order valence-electron chi connectivity index (χ0n) is 13.7. The molecule has 0 aliphatic rings. The van der Waals surface area contributed by atoms with Gasteiger partial charge >= 0.3 is 0 Å². The molecule has 1 heterocycles. The summed E-state index contributed by atoms with van der Waals surface area (Å²) in [6, 6.07) is 12.3. The molecule has 0 saturated heterocycles. The predicted octanol–water partition coefficient (Wildman–Crippen LogP) is 7.17. The molecule has 1 aromatic heterocycles. The predicted molar refractivity (Wildman–Crippen MR) is 114 cm³/mol. The third kappa shape index (κ3) is 6.09. The maximum absolute atomic E-state index is 12.5. The van der Waals surface area contributed by atoms with E-state index in [1.807, 2.05) is 22.9 Å². The zero-order chi connectivity index (χ0) is 19.2. The van der Waals surface area contributed by atoms with Crippen LogP contribution in [-0.2, 0) is 6.54 Å². The van der Waals surface area contributed by atoms with Crippen LogP contribution in [0.5, 0.6) is 5.75 Å². The van der Waals surface area contributed by atoms with Gasteiger partial charge in [-0.1, -0.05) is 58.7 Å². The molecule has 0 bridgehead atoms. The van der Waals surface area contributed by atoms with Crippen LogP contribution in [0.15, 0.2) is 61.2 Å². The molecule has 27 heavy (non-hydrogen) atoms. The van der Waals surface area contributed by atoms with Gasteiger partial charge in [0.15, 0.2) is 5.75 Å². The quantitative estimate of drug-likeness (QED) is 0.366. The minimum absolute atomic E-state index is 0.124. The van der Waals surface area contributed by atoms with E-state index in [1.54, 1.807) is 42.9 Å². The minimum Gasteiger partial charge on any atom is -0.415 e. The van der Waals surface area contributed by atoms with Gasteiger partial charge in [0.2, 0.25) is 0 Å². The second-order valence-electron chi connectivity index (χ2n) is 5.41. The molecule has 2 aromatic carbocycles. The molecule has 1 atom stereocenters. The van der Waals surface area contributed by atoms with Crippen LogP contribution in [0.1, 0.15) is 10.8 Å². The van der Waals surface area contributed by atoms with Gasteiger partial charge in [-0.05, 0) is 35.9 Å². The van der Waals surface area contributed by atoms with E-state index in [1.165, 1.54) is 11.8 Å². The molecule has 0 fully saturated rings.